The Morgan fingerprint density at radius 2 is 1.79 bits per heavy atom. The van der Waals surface area contributed by atoms with Gasteiger partial charge in [0.25, 0.3) is 0 Å². The lowest BCUT2D eigenvalue weighted by molar-refractivity contribution is 0.0502. The fraction of sp³-hybridized carbons (Fsp3) is 0.536. The van der Waals surface area contributed by atoms with Crippen molar-refractivity contribution in [3.8, 4) is 0 Å². The van der Waals surface area contributed by atoms with Crippen LogP contribution in [0.4, 0.5) is 0 Å². The second-order valence-corrected chi connectivity index (χ2v) is 7.13. The highest BCUT2D eigenvalue weighted by Gasteiger charge is 2.16. The van der Waals surface area contributed by atoms with E-state index in [0.29, 0.717) is 13.1 Å². The minimum absolute atomic E-state index is 0.268. The zero-order valence-corrected chi connectivity index (χ0v) is 22.9. The van der Waals surface area contributed by atoms with Gasteiger partial charge in [-0.1, -0.05) is 64.7 Å². The highest BCUT2D eigenvalue weighted by atomic mass is 16.5. The number of aromatic nitrogens is 2. The lowest BCUT2D eigenvalue weighted by Crippen LogP contribution is -2.32. The largest absolute Gasteiger partial charge is 0.491 e. The van der Waals surface area contributed by atoms with Crippen LogP contribution in [0, 0.1) is 13.8 Å². The van der Waals surface area contributed by atoms with E-state index in [1.165, 1.54) is 5.56 Å². The zero-order chi connectivity index (χ0) is 25.8. The third-order valence-corrected chi connectivity index (χ3v) is 4.64. The van der Waals surface area contributed by atoms with Gasteiger partial charge < -0.3 is 9.84 Å². The molecule has 1 heterocycles. The first kappa shape index (κ1) is 32.8. The summed E-state index contributed by atoms with van der Waals surface area (Å²) >= 11 is 0. The smallest absolute Gasteiger partial charge is 0.115 e. The van der Waals surface area contributed by atoms with Crippen LogP contribution in [0.2, 0.25) is 0 Å². The van der Waals surface area contributed by atoms with E-state index in [4.69, 9.17) is 9.84 Å². The van der Waals surface area contributed by atoms with Crippen molar-refractivity contribution in [3.63, 3.8) is 0 Å². The molecule has 188 valence electrons. The molecule has 1 aromatic rings. The number of hydrogen-bond donors (Lipinski definition) is 1. The van der Waals surface area contributed by atoms with Gasteiger partial charge in [0.1, 0.15) is 18.5 Å². The van der Waals surface area contributed by atoms with Crippen LogP contribution in [-0.2, 0) is 17.8 Å². The summed E-state index contributed by atoms with van der Waals surface area (Å²) in [6.07, 6.45) is 13.1. The van der Waals surface area contributed by atoms with Gasteiger partial charge in [0.15, 0.2) is 0 Å². The number of nitrogens with zero attached hydrogens (tertiary/aromatic N) is 3. The molecule has 0 spiro atoms. The lowest BCUT2D eigenvalue weighted by atomic mass is 10.1. The number of allylic oxidation sites excluding steroid dienone is 8. The van der Waals surface area contributed by atoms with E-state index in [1.54, 1.807) is 0 Å². The SMILES string of the molecule is C=C/C(=C\C=C/C)Cn1nc(C)c(CN(C)CC(O)COC(/C=C\C)=C/C)c1C.CC.CC. The Morgan fingerprint density at radius 3 is 2.30 bits per heavy atom. The molecule has 0 aliphatic heterocycles. The Bertz CT molecular complexity index is 770. The lowest BCUT2D eigenvalue weighted by Gasteiger charge is -2.21. The molecule has 1 N–H and O–H groups in total. The monoisotopic (exact) mass is 459 g/mol. The first-order valence-corrected chi connectivity index (χ1v) is 12.1. The van der Waals surface area contributed by atoms with Crippen LogP contribution in [0.25, 0.3) is 0 Å². The molecule has 1 aromatic heterocycles. The van der Waals surface area contributed by atoms with Crippen molar-refractivity contribution in [1.82, 2.24) is 14.7 Å². The van der Waals surface area contributed by atoms with Gasteiger partial charge >= 0.3 is 0 Å². The fourth-order valence-corrected chi connectivity index (χ4v) is 3.03. The topological polar surface area (TPSA) is 50.5 Å². The molecule has 33 heavy (non-hydrogen) atoms. The Hall–Kier alpha value is -2.37. The molecular formula is C28H49N3O2. The van der Waals surface area contributed by atoms with Crippen molar-refractivity contribution < 1.29 is 9.84 Å². The Kier molecular flexibility index (Phi) is 20.1. The molecule has 0 aliphatic carbocycles. The number of likely N-dealkylation sites (N-methyl/N-ethyl adjacent to an activating group) is 1. The number of aryl methyl sites for hydroxylation is 1. The van der Waals surface area contributed by atoms with Crippen LogP contribution in [-0.4, -0.2) is 46.1 Å². The first-order chi connectivity index (χ1) is 15.9. The predicted molar refractivity (Wildman–Crippen MR) is 144 cm³/mol. The van der Waals surface area contributed by atoms with Crippen molar-refractivity contribution in [2.75, 3.05) is 20.2 Å². The van der Waals surface area contributed by atoms with Crippen molar-refractivity contribution >= 4 is 0 Å². The van der Waals surface area contributed by atoms with E-state index in [-0.39, 0.29) is 6.61 Å². The van der Waals surface area contributed by atoms with Gasteiger partial charge in [0.05, 0.1) is 12.2 Å². The number of aliphatic hydroxyl groups is 1. The van der Waals surface area contributed by atoms with Crippen LogP contribution < -0.4 is 0 Å². The zero-order valence-electron chi connectivity index (χ0n) is 22.9. The normalized spacial score (nSPS) is 13.0. The summed E-state index contributed by atoms with van der Waals surface area (Å²) in [7, 11) is 2.00. The van der Waals surface area contributed by atoms with Crippen LogP contribution in [0.5, 0.6) is 0 Å². The minimum Gasteiger partial charge on any atom is -0.491 e. The van der Waals surface area contributed by atoms with E-state index < -0.39 is 6.10 Å². The third-order valence-electron chi connectivity index (χ3n) is 4.64. The predicted octanol–water partition coefficient (Wildman–Crippen LogP) is 6.53. The second-order valence-electron chi connectivity index (χ2n) is 7.13. The molecule has 0 aromatic carbocycles. The maximum absolute atomic E-state index is 10.3. The Labute approximate surface area is 203 Å². The number of rotatable bonds is 12. The molecule has 1 atom stereocenters. The molecule has 0 saturated heterocycles. The molecule has 5 heteroatoms. The first-order valence-electron chi connectivity index (χ1n) is 12.1. The molecule has 5 nitrogen and oxygen atoms in total. The van der Waals surface area contributed by atoms with Gasteiger partial charge in [-0.3, -0.25) is 9.58 Å². The summed E-state index contributed by atoms with van der Waals surface area (Å²) in [6.45, 7) is 24.1. The van der Waals surface area contributed by atoms with Crippen LogP contribution in [0.3, 0.4) is 0 Å². The minimum atomic E-state index is -0.563. The van der Waals surface area contributed by atoms with Crippen LogP contribution >= 0.6 is 0 Å². The average molecular weight is 460 g/mol. The van der Waals surface area contributed by atoms with E-state index in [1.807, 2.05) is 104 Å². The maximum atomic E-state index is 10.3. The van der Waals surface area contributed by atoms with Gasteiger partial charge in [-0.25, -0.2) is 0 Å². The average Bonchev–Trinajstić information content (AvgIpc) is 3.08. The van der Waals surface area contributed by atoms with Crippen molar-refractivity contribution in [1.29, 1.82) is 0 Å². The van der Waals surface area contributed by atoms with Crippen molar-refractivity contribution in [2.45, 2.75) is 81.5 Å². The summed E-state index contributed by atoms with van der Waals surface area (Å²) in [4.78, 5) is 2.10. The molecule has 0 fully saturated rings. The molecular weight excluding hydrogens is 410 g/mol. The van der Waals surface area contributed by atoms with Crippen LogP contribution in [0.1, 0.15) is 65.4 Å². The van der Waals surface area contributed by atoms with Gasteiger partial charge in [0.2, 0.25) is 0 Å². The molecule has 0 saturated carbocycles. The standard InChI is InChI=1S/C24H37N3O2.2C2H6/c1-8-12-14-21(10-3)15-27-20(6)24(19(5)25-27)17-26(7)16-22(28)18-29-23(11-4)13-9-2;2*1-2/h8-14,22,28H,3,15-18H2,1-2,4-7H3;2*1-2H3/b12-8-,13-9-,21-14+,23-11+;;. The molecule has 1 unspecified atom stereocenters. The fourth-order valence-electron chi connectivity index (χ4n) is 3.03. The van der Waals surface area contributed by atoms with Crippen molar-refractivity contribution in [3.05, 3.63) is 77.4 Å². The van der Waals surface area contributed by atoms with E-state index in [9.17, 15) is 5.11 Å². The summed E-state index contributed by atoms with van der Waals surface area (Å²) < 4.78 is 7.66. The molecule has 0 amide bonds. The van der Waals surface area contributed by atoms with E-state index in [0.717, 1.165) is 29.3 Å². The van der Waals surface area contributed by atoms with Gasteiger partial charge in [-0.15, -0.1) is 0 Å². The Balaban J connectivity index is 0. The molecule has 0 bridgehead atoms. The number of aliphatic hydroxyl groups excluding tert-OH is 1. The highest BCUT2D eigenvalue weighted by molar-refractivity contribution is 5.27. The molecule has 0 radical (unpaired) electrons. The van der Waals surface area contributed by atoms with Crippen LogP contribution in [0.15, 0.2) is 60.4 Å². The Morgan fingerprint density at radius 1 is 1.15 bits per heavy atom. The summed E-state index contributed by atoms with van der Waals surface area (Å²) in [5.41, 5.74) is 4.46. The van der Waals surface area contributed by atoms with Gasteiger partial charge in [-0.2, -0.15) is 5.10 Å². The molecule has 1 rings (SSSR count). The van der Waals surface area contributed by atoms with Gasteiger partial charge in [-0.05, 0) is 59.4 Å². The second kappa shape index (κ2) is 20.3. The van der Waals surface area contributed by atoms with Gasteiger partial charge in [0, 0.05) is 24.3 Å². The van der Waals surface area contributed by atoms with E-state index >= 15 is 0 Å². The quantitative estimate of drug-likeness (QED) is 0.285. The molecule has 0 aliphatic rings. The highest BCUT2D eigenvalue weighted by Crippen LogP contribution is 2.17. The van der Waals surface area contributed by atoms with Crippen molar-refractivity contribution in [2.24, 2.45) is 0 Å². The summed E-state index contributed by atoms with van der Waals surface area (Å²) in [5.74, 6) is 0.770. The maximum Gasteiger partial charge on any atom is 0.115 e. The number of ether oxygens (including phenoxy) is 1. The number of hydrogen-bond acceptors (Lipinski definition) is 4. The third kappa shape index (κ3) is 13.1. The summed E-state index contributed by atoms with van der Waals surface area (Å²) in [5, 5.41) is 15.0. The van der Waals surface area contributed by atoms with E-state index in [2.05, 4.69) is 24.5 Å². The summed E-state index contributed by atoms with van der Waals surface area (Å²) in [6, 6.07) is 0.